The van der Waals surface area contributed by atoms with Crippen molar-refractivity contribution in [1.82, 2.24) is 14.9 Å². The summed E-state index contributed by atoms with van der Waals surface area (Å²) in [7, 11) is 0. The van der Waals surface area contributed by atoms with Gasteiger partial charge < -0.3 is 15.0 Å². The first kappa shape index (κ1) is 20.8. The predicted octanol–water partition coefficient (Wildman–Crippen LogP) is 4.57. The molecule has 0 aliphatic carbocycles. The smallest absolute Gasteiger partial charge is 0.227 e. The largest absolute Gasteiger partial charge is 0.492 e. The molecule has 0 saturated carbocycles. The van der Waals surface area contributed by atoms with Gasteiger partial charge in [-0.05, 0) is 68.8 Å². The van der Waals surface area contributed by atoms with E-state index >= 15 is 0 Å². The van der Waals surface area contributed by atoms with Gasteiger partial charge in [0.25, 0.3) is 0 Å². The Bertz CT molecular complexity index is 1050. The minimum absolute atomic E-state index is 0.649. The van der Waals surface area contributed by atoms with Crippen molar-refractivity contribution in [1.29, 1.82) is 0 Å². The SMILES string of the molecule is Cc1ccccc1N1CCc2nc(Nc3ccc(OCCN4CCCC4)cc3)ncc2C1. The average molecular weight is 430 g/mol. The lowest BCUT2D eigenvalue weighted by Gasteiger charge is -2.31. The summed E-state index contributed by atoms with van der Waals surface area (Å²) in [5, 5.41) is 3.33. The lowest BCUT2D eigenvalue weighted by molar-refractivity contribution is 0.238. The number of aromatic nitrogens is 2. The van der Waals surface area contributed by atoms with Crippen molar-refractivity contribution in [2.75, 3.05) is 43.0 Å². The summed E-state index contributed by atoms with van der Waals surface area (Å²) in [5.41, 5.74) is 5.90. The van der Waals surface area contributed by atoms with Crippen LogP contribution in [0.15, 0.2) is 54.7 Å². The van der Waals surface area contributed by atoms with Crippen molar-refractivity contribution in [3.8, 4) is 5.75 Å². The molecular weight excluding hydrogens is 398 g/mol. The summed E-state index contributed by atoms with van der Waals surface area (Å²) in [6, 6.07) is 16.6. The molecule has 0 atom stereocenters. The Labute approximate surface area is 190 Å². The Kier molecular flexibility index (Phi) is 6.21. The van der Waals surface area contributed by atoms with Crippen LogP contribution in [0, 0.1) is 6.92 Å². The maximum Gasteiger partial charge on any atom is 0.227 e. The van der Waals surface area contributed by atoms with E-state index in [1.54, 1.807) is 0 Å². The molecule has 1 aromatic heterocycles. The van der Waals surface area contributed by atoms with Crippen LogP contribution in [0.2, 0.25) is 0 Å². The van der Waals surface area contributed by atoms with Crippen LogP contribution < -0.4 is 15.0 Å². The highest BCUT2D eigenvalue weighted by molar-refractivity contribution is 5.56. The molecule has 3 aromatic rings. The number of anilines is 3. The molecule has 2 aliphatic heterocycles. The van der Waals surface area contributed by atoms with E-state index < -0.39 is 0 Å². The molecule has 6 nitrogen and oxygen atoms in total. The second-order valence-corrected chi connectivity index (χ2v) is 8.67. The molecule has 0 bridgehead atoms. The zero-order valence-electron chi connectivity index (χ0n) is 18.8. The van der Waals surface area contributed by atoms with Gasteiger partial charge in [0.2, 0.25) is 5.95 Å². The van der Waals surface area contributed by atoms with Crippen LogP contribution in [-0.2, 0) is 13.0 Å². The van der Waals surface area contributed by atoms with E-state index in [0.29, 0.717) is 5.95 Å². The molecule has 2 aromatic carbocycles. The molecule has 2 aliphatic rings. The van der Waals surface area contributed by atoms with Crippen LogP contribution >= 0.6 is 0 Å². The Morgan fingerprint density at radius 2 is 1.81 bits per heavy atom. The number of likely N-dealkylation sites (tertiary alicyclic amines) is 1. The van der Waals surface area contributed by atoms with E-state index in [1.165, 1.54) is 42.7 Å². The van der Waals surface area contributed by atoms with Gasteiger partial charge in [-0.1, -0.05) is 18.2 Å². The Morgan fingerprint density at radius 1 is 1.00 bits per heavy atom. The number of hydrogen-bond acceptors (Lipinski definition) is 6. The van der Waals surface area contributed by atoms with Gasteiger partial charge in [0.05, 0.1) is 5.69 Å². The molecular formula is C26H31N5O. The van der Waals surface area contributed by atoms with Crippen LogP contribution in [0.5, 0.6) is 5.75 Å². The summed E-state index contributed by atoms with van der Waals surface area (Å²) in [6.45, 7) is 8.14. The van der Waals surface area contributed by atoms with Gasteiger partial charge in [0, 0.05) is 49.2 Å². The molecule has 0 unspecified atom stereocenters. The lowest BCUT2D eigenvalue weighted by Crippen LogP contribution is -2.31. The molecule has 1 N–H and O–H groups in total. The van der Waals surface area contributed by atoms with Crippen molar-refractivity contribution in [2.24, 2.45) is 0 Å². The van der Waals surface area contributed by atoms with E-state index in [1.807, 2.05) is 30.5 Å². The number of para-hydroxylation sites is 1. The summed E-state index contributed by atoms with van der Waals surface area (Å²) >= 11 is 0. The van der Waals surface area contributed by atoms with Gasteiger partial charge in [-0.3, -0.25) is 4.90 Å². The summed E-state index contributed by atoms with van der Waals surface area (Å²) in [6.07, 6.45) is 5.52. The minimum atomic E-state index is 0.649. The van der Waals surface area contributed by atoms with Crippen LogP contribution in [-0.4, -0.2) is 47.7 Å². The highest BCUT2D eigenvalue weighted by atomic mass is 16.5. The molecule has 0 radical (unpaired) electrons. The van der Waals surface area contributed by atoms with Gasteiger partial charge >= 0.3 is 0 Å². The van der Waals surface area contributed by atoms with Crippen molar-refractivity contribution in [3.05, 3.63) is 71.5 Å². The van der Waals surface area contributed by atoms with Crippen molar-refractivity contribution < 1.29 is 4.74 Å². The number of nitrogens with zero attached hydrogens (tertiary/aromatic N) is 4. The highest BCUT2D eigenvalue weighted by Gasteiger charge is 2.19. The Morgan fingerprint density at radius 3 is 2.62 bits per heavy atom. The van der Waals surface area contributed by atoms with Gasteiger partial charge in [0.1, 0.15) is 12.4 Å². The third-order valence-electron chi connectivity index (χ3n) is 6.38. The zero-order chi connectivity index (χ0) is 21.8. The second-order valence-electron chi connectivity index (χ2n) is 8.67. The van der Waals surface area contributed by atoms with Crippen molar-refractivity contribution in [2.45, 2.75) is 32.7 Å². The van der Waals surface area contributed by atoms with Crippen LogP contribution in [0.3, 0.4) is 0 Å². The quantitative estimate of drug-likeness (QED) is 0.594. The fourth-order valence-corrected chi connectivity index (χ4v) is 4.56. The molecule has 166 valence electrons. The van der Waals surface area contributed by atoms with Crippen LogP contribution in [0.1, 0.15) is 29.7 Å². The molecule has 1 saturated heterocycles. The molecule has 0 amide bonds. The first-order chi connectivity index (χ1) is 15.7. The highest BCUT2D eigenvalue weighted by Crippen LogP contribution is 2.27. The van der Waals surface area contributed by atoms with E-state index in [9.17, 15) is 0 Å². The van der Waals surface area contributed by atoms with Crippen LogP contribution in [0.4, 0.5) is 17.3 Å². The maximum atomic E-state index is 5.90. The van der Waals surface area contributed by atoms with Gasteiger partial charge in [-0.25, -0.2) is 9.97 Å². The molecule has 3 heterocycles. The predicted molar refractivity (Wildman–Crippen MR) is 129 cm³/mol. The number of rotatable bonds is 7. The third kappa shape index (κ3) is 4.86. The average Bonchev–Trinajstić information content (AvgIpc) is 3.34. The number of benzene rings is 2. The van der Waals surface area contributed by atoms with Crippen molar-refractivity contribution in [3.63, 3.8) is 0 Å². The number of ether oxygens (including phenoxy) is 1. The number of nitrogens with one attached hydrogen (secondary N) is 1. The monoisotopic (exact) mass is 429 g/mol. The van der Waals surface area contributed by atoms with E-state index in [2.05, 4.69) is 51.3 Å². The number of hydrogen-bond donors (Lipinski definition) is 1. The first-order valence-corrected chi connectivity index (χ1v) is 11.6. The maximum absolute atomic E-state index is 5.90. The summed E-state index contributed by atoms with van der Waals surface area (Å²) < 4.78 is 5.90. The molecule has 0 spiro atoms. The standard InChI is InChI=1S/C26H31N5O/c1-20-6-2-3-7-25(20)31-15-12-24-21(19-31)18-27-26(29-24)28-22-8-10-23(11-9-22)32-17-16-30-13-4-5-14-30/h2-3,6-11,18H,4-5,12-17,19H2,1H3,(H,27,28,29). The van der Waals surface area contributed by atoms with E-state index in [-0.39, 0.29) is 0 Å². The fraction of sp³-hybridized carbons (Fsp3) is 0.385. The summed E-state index contributed by atoms with van der Waals surface area (Å²) in [4.78, 5) is 14.2. The first-order valence-electron chi connectivity index (χ1n) is 11.6. The van der Waals surface area contributed by atoms with Gasteiger partial charge in [-0.15, -0.1) is 0 Å². The number of fused-ring (bicyclic) bond motifs is 1. The third-order valence-corrected chi connectivity index (χ3v) is 6.38. The normalized spacial score (nSPS) is 16.1. The zero-order valence-corrected chi connectivity index (χ0v) is 18.8. The number of aryl methyl sites for hydroxylation is 1. The fourth-order valence-electron chi connectivity index (χ4n) is 4.56. The van der Waals surface area contributed by atoms with Gasteiger partial charge in [0.15, 0.2) is 0 Å². The Balaban J connectivity index is 1.17. The topological polar surface area (TPSA) is 53.5 Å². The van der Waals surface area contributed by atoms with Crippen molar-refractivity contribution >= 4 is 17.3 Å². The lowest BCUT2D eigenvalue weighted by atomic mass is 10.1. The van der Waals surface area contributed by atoms with E-state index in [4.69, 9.17) is 9.72 Å². The summed E-state index contributed by atoms with van der Waals surface area (Å²) in [5.74, 6) is 1.55. The Hall–Kier alpha value is -3.12. The molecule has 32 heavy (non-hydrogen) atoms. The second kappa shape index (κ2) is 9.57. The van der Waals surface area contributed by atoms with Gasteiger partial charge in [-0.2, -0.15) is 0 Å². The minimum Gasteiger partial charge on any atom is -0.492 e. The van der Waals surface area contributed by atoms with E-state index in [0.717, 1.165) is 49.8 Å². The molecule has 1 fully saturated rings. The molecule has 5 rings (SSSR count). The molecule has 6 heteroatoms. The van der Waals surface area contributed by atoms with Crippen LogP contribution in [0.25, 0.3) is 0 Å².